The van der Waals surface area contributed by atoms with Crippen molar-refractivity contribution in [2.45, 2.75) is 19.5 Å². The Hall–Kier alpha value is -0.920. The SMILES string of the molecule is CC1=CC(C)(F)C=NC=C1. The molecule has 2 heteroatoms. The average Bonchev–Trinajstić information content (AvgIpc) is 1.90. The van der Waals surface area contributed by atoms with Crippen LogP contribution in [0.25, 0.3) is 0 Å². The molecule has 0 radical (unpaired) electrons. The highest BCUT2D eigenvalue weighted by atomic mass is 19.1. The molecule has 0 aromatic carbocycles. The molecule has 0 aliphatic carbocycles. The van der Waals surface area contributed by atoms with E-state index in [-0.39, 0.29) is 0 Å². The zero-order valence-electron chi connectivity index (χ0n) is 6.13. The van der Waals surface area contributed by atoms with Crippen LogP contribution >= 0.6 is 0 Å². The summed E-state index contributed by atoms with van der Waals surface area (Å²) in [6.07, 6.45) is 6.21. The van der Waals surface area contributed by atoms with Crippen molar-refractivity contribution in [3.8, 4) is 0 Å². The maximum Gasteiger partial charge on any atom is 0.161 e. The van der Waals surface area contributed by atoms with E-state index in [4.69, 9.17) is 0 Å². The highest BCUT2D eigenvalue weighted by molar-refractivity contribution is 5.72. The third-order valence-electron chi connectivity index (χ3n) is 1.26. The summed E-state index contributed by atoms with van der Waals surface area (Å²) >= 11 is 0. The number of hydrogen-bond acceptors (Lipinski definition) is 1. The van der Waals surface area contributed by atoms with E-state index in [9.17, 15) is 4.39 Å². The van der Waals surface area contributed by atoms with Gasteiger partial charge in [-0.25, -0.2) is 4.39 Å². The molecule has 0 bridgehead atoms. The van der Waals surface area contributed by atoms with Gasteiger partial charge in [0.05, 0.1) is 0 Å². The molecule has 0 aromatic rings. The van der Waals surface area contributed by atoms with Crippen LogP contribution in [-0.2, 0) is 0 Å². The monoisotopic (exact) mass is 139 g/mol. The first-order chi connectivity index (χ1) is 4.60. The van der Waals surface area contributed by atoms with E-state index in [1.165, 1.54) is 13.1 Å². The lowest BCUT2D eigenvalue weighted by molar-refractivity contribution is 0.361. The molecule has 0 fully saturated rings. The molecule has 10 heavy (non-hydrogen) atoms. The van der Waals surface area contributed by atoms with Crippen molar-refractivity contribution in [1.29, 1.82) is 0 Å². The number of nitrogens with zero attached hydrogens (tertiary/aromatic N) is 1. The van der Waals surface area contributed by atoms with Gasteiger partial charge in [0.25, 0.3) is 0 Å². The number of aliphatic imine (C=N–C) groups is 1. The van der Waals surface area contributed by atoms with Gasteiger partial charge >= 0.3 is 0 Å². The minimum atomic E-state index is -1.38. The van der Waals surface area contributed by atoms with Crippen LogP contribution in [0.1, 0.15) is 13.8 Å². The largest absolute Gasteiger partial charge is 0.265 e. The van der Waals surface area contributed by atoms with Gasteiger partial charge in [-0.3, -0.25) is 4.99 Å². The fourth-order valence-corrected chi connectivity index (χ4v) is 0.880. The van der Waals surface area contributed by atoms with E-state index < -0.39 is 5.67 Å². The fraction of sp³-hybridized carbons (Fsp3) is 0.375. The molecular weight excluding hydrogens is 129 g/mol. The average molecular weight is 139 g/mol. The summed E-state index contributed by atoms with van der Waals surface area (Å²) in [5.74, 6) is 0. The van der Waals surface area contributed by atoms with Crippen molar-refractivity contribution in [1.82, 2.24) is 0 Å². The minimum Gasteiger partial charge on any atom is -0.265 e. The van der Waals surface area contributed by atoms with Crippen LogP contribution in [0.4, 0.5) is 4.39 Å². The molecule has 0 N–H and O–H groups in total. The van der Waals surface area contributed by atoms with Gasteiger partial charge in [0.2, 0.25) is 0 Å². The Morgan fingerprint density at radius 3 is 3.00 bits per heavy atom. The van der Waals surface area contributed by atoms with Gasteiger partial charge in [0.15, 0.2) is 5.67 Å². The van der Waals surface area contributed by atoms with Crippen LogP contribution < -0.4 is 0 Å². The van der Waals surface area contributed by atoms with Crippen molar-refractivity contribution in [3.63, 3.8) is 0 Å². The first-order valence-corrected chi connectivity index (χ1v) is 3.19. The second-order valence-electron chi connectivity index (χ2n) is 2.63. The van der Waals surface area contributed by atoms with Gasteiger partial charge in [-0.2, -0.15) is 0 Å². The Bertz CT molecular complexity index is 211. The zero-order valence-corrected chi connectivity index (χ0v) is 6.13. The molecule has 0 aromatic heterocycles. The lowest BCUT2D eigenvalue weighted by atomic mass is 10.1. The van der Waals surface area contributed by atoms with Crippen LogP contribution in [0.3, 0.4) is 0 Å². The van der Waals surface area contributed by atoms with E-state index in [1.54, 1.807) is 18.4 Å². The van der Waals surface area contributed by atoms with Crippen LogP contribution in [0.15, 0.2) is 28.9 Å². The first kappa shape index (κ1) is 7.19. The second kappa shape index (κ2) is 2.37. The summed E-state index contributed by atoms with van der Waals surface area (Å²) in [6.45, 7) is 3.33. The van der Waals surface area contributed by atoms with E-state index >= 15 is 0 Å². The summed E-state index contributed by atoms with van der Waals surface area (Å²) in [6, 6.07) is 0. The molecule has 54 valence electrons. The normalized spacial score (nSPS) is 31.7. The zero-order chi connectivity index (χ0) is 7.61. The summed E-state index contributed by atoms with van der Waals surface area (Å²) in [4.78, 5) is 3.74. The van der Waals surface area contributed by atoms with Gasteiger partial charge in [0, 0.05) is 12.4 Å². The quantitative estimate of drug-likeness (QED) is 0.488. The van der Waals surface area contributed by atoms with Gasteiger partial charge < -0.3 is 0 Å². The number of rotatable bonds is 0. The summed E-state index contributed by atoms with van der Waals surface area (Å²) < 4.78 is 13.1. The topological polar surface area (TPSA) is 12.4 Å². The van der Waals surface area contributed by atoms with E-state index in [0.717, 1.165) is 5.57 Å². The fourth-order valence-electron chi connectivity index (χ4n) is 0.880. The highest BCUT2D eigenvalue weighted by Crippen LogP contribution is 2.14. The molecule has 0 saturated carbocycles. The second-order valence-corrected chi connectivity index (χ2v) is 2.63. The van der Waals surface area contributed by atoms with Gasteiger partial charge in [0.1, 0.15) is 0 Å². The Balaban J connectivity index is 2.93. The maximum atomic E-state index is 13.1. The van der Waals surface area contributed by atoms with Crippen LogP contribution in [0.2, 0.25) is 0 Å². The molecule has 1 aliphatic rings. The minimum absolute atomic E-state index is 0.905. The maximum absolute atomic E-state index is 13.1. The van der Waals surface area contributed by atoms with Crippen LogP contribution in [0, 0.1) is 0 Å². The standard InChI is InChI=1S/C8H10FN/c1-7-3-4-10-6-8(2,9)5-7/h3-6H,1-2H3. The number of hydrogen-bond donors (Lipinski definition) is 0. The van der Waals surface area contributed by atoms with Crippen molar-refractivity contribution < 1.29 is 4.39 Å². The van der Waals surface area contributed by atoms with Crippen molar-refractivity contribution in [3.05, 3.63) is 23.9 Å². The predicted octanol–water partition coefficient (Wildman–Crippen LogP) is 2.26. The molecule has 1 unspecified atom stereocenters. The Morgan fingerprint density at radius 2 is 2.30 bits per heavy atom. The van der Waals surface area contributed by atoms with E-state index in [0.29, 0.717) is 0 Å². The summed E-state index contributed by atoms with van der Waals surface area (Å²) in [5, 5.41) is 0. The predicted molar refractivity (Wildman–Crippen MR) is 40.9 cm³/mol. The molecule has 1 heterocycles. The van der Waals surface area contributed by atoms with Crippen molar-refractivity contribution in [2.75, 3.05) is 0 Å². The molecule has 1 aliphatic heterocycles. The number of halogens is 1. The highest BCUT2D eigenvalue weighted by Gasteiger charge is 2.16. The molecule has 1 nitrogen and oxygen atoms in total. The Kier molecular flexibility index (Phi) is 1.70. The third-order valence-corrected chi connectivity index (χ3v) is 1.26. The Morgan fingerprint density at radius 1 is 1.60 bits per heavy atom. The number of alkyl halides is 1. The lowest BCUT2D eigenvalue weighted by Gasteiger charge is -2.07. The third kappa shape index (κ3) is 1.79. The smallest absolute Gasteiger partial charge is 0.161 e. The van der Waals surface area contributed by atoms with Crippen LogP contribution in [0.5, 0.6) is 0 Å². The molecular formula is C8H10FN. The summed E-state index contributed by atoms with van der Waals surface area (Å²) in [7, 11) is 0. The van der Waals surface area contributed by atoms with Crippen molar-refractivity contribution in [2.24, 2.45) is 4.99 Å². The van der Waals surface area contributed by atoms with E-state index in [1.807, 2.05) is 6.92 Å². The van der Waals surface area contributed by atoms with E-state index in [2.05, 4.69) is 4.99 Å². The van der Waals surface area contributed by atoms with Gasteiger partial charge in [-0.15, -0.1) is 0 Å². The molecule has 0 saturated heterocycles. The first-order valence-electron chi connectivity index (χ1n) is 3.19. The van der Waals surface area contributed by atoms with Gasteiger partial charge in [-0.1, -0.05) is 5.57 Å². The Labute approximate surface area is 60.0 Å². The summed E-state index contributed by atoms with van der Waals surface area (Å²) in [5.41, 5.74) is -0.476. The van der Waals surface area contributed by atoms with Crippen molar-refractivity contribution >= 4 is 6.21 Å². The van der Waals surface area contributed by atoms with Gasteiger partial charge in [-0.05, 0) is 26.0 Å². The molecule has 1 atom stereocenters. The van der Waals surface area contributed by atoms with Crippen LogP contribution in [-0.4, -0.2) is 11.9 Å². The molecule has 0 amide bonds. The molecule has 0 spiro atoms. The lowest BCUT2D eigenvalue weighted by Crippen LogP contribution is -2.15. The number of allylic oxidation sites excluding steroid dienone is 3. The molecule has 1 rings (SSSR count).